The molecule has 2 nitrogen and oxygen atoms in total. The van der Waals surface area contributed by atoms with Crippen LogP contribution in [0.15, 0.2) is 12.2 Å². The highest BCUT2D eigenvalue weighted by atomic mass is 16.6. The zero-order chi connectivity index (χ0) is 5.98. The van der Waals surface area contributed by atoms with Crippen molar-refractivity contribution >= 4 is 0 Å². The molecule has 0 aromatic carbocycles. The number of hydrogen-bond acceptors (Lipinski definition) is 2. The van der Waals surface area contributed by atoms with Crippen molar-refractivity contribution in [1.29, 1.82) is 0 Å². The van der Waals surface area contributed by atoms with Crippen LogP contribution in [0.4, 0.5) is 0 Å². The summed E-state index contributed by atoms with van der Waals surface area (Å²) >= 11 is 0. The van der Waals surface area contributed by atoms with Crippen molar-refractivity contribution in [3.63, 3.8) is 0 Å². The van der Waals surface area contributed by atoms with Gasteiger partial charge >= 0.3 is 0 Å². The molecule has 1 rings (SSSR count). The Morgan fingerprint density at radius 1 is 1.62 bits per heavy atom. The molecule has 0 aromatic rings. The van der Waals surface area contributed by atoms with Gasteiger partial charge in [0.05, 0.1) is 6.61 Å². The first kappa shape index (κ1) is 5.79. The predicted molar refractivity (Wildman–Crippen MR) is 30.3 cm³/mol. The molecule has 0 spiro atoms. The van der Waals surface area contributed by atoms with Gasteiger partial charge in [0.25, 0.3) is 0 Å². The third kappa shape index (κ3) is 1.32. The highest BCUT2D eigenvalue weighted by Crippen LogP contribution is 2.06. The van der Waals surface area contributed by atoms with Crippen molar-refractivity contribution in [3.05, 3.63) is 12.2 Å². The van der Waals surface area contributed by atoms with Crippen LogP contribution in [-0.2, 0) is 4.74 Å². The molecule has 0 radical (unpaired) electrons. The van der Waals surface area contributed by atoms with Crippen LogP contribution in [-0.4, -0.2) is 18.0 Å². The van der Waals surface area contributed by atoms with Gasteiger partial charge in [-0.25, -0.2) is 0 Å². The average molecular weight is 114 g/mol. The molecule has 2 atom stereocenters. The Kier molecular flexibility index (Phi) is 1.65. The molecular formula is C6H10O2. The molecular weight excluding hydrogens is 104 g/mol. The van der Waals surface area contributed by atoms with E-state index in [1.165, 1.54) is 0 Å². The van der Waals surface area contributed by atoms with Crippen molar-refractivity contribution in [2.75, 3.05) is 6.61 Å². The fourth-order valence-electron chi connectivity index (χ4n) is 0.646. The maximum absolute atomic E-state index is 8.72. The normalized spacial score (nSPS) is 37.8. The molecule has 1 aliphatic rings. The lowest BCUT2D eigenvalue weighted by atomic mass is 10.1. The molecule has 1 aliphatic heterocycles. The molecule has 0 saturated heterocycles. The lowest BCUT2D eigenvalue weighted by Crippen LogP contribution is -2.18. The zero-order valence-corrected chi connectivity index (χ0v) is 4.87. The SMILES string of the molecule is CC1C=CC(O)OC1. The Morgan fingerprint density at radius 3 is 2.75 bits per heavy atom. The maximum atomic E-state index is 8.72. The molecule has 0 saturated carbocycles. The van der Waals surface area contributed by atoms with E-state index in [9.17, 15) is 0 Å². The molecule has 2 heteroatoms. The van der Waals surface area contributed by atoms with E-state index < -0.39 is 6.29 Å². The summed E-state index contributed by atoms with van der Waals surface area (Å²) in [5, 5.41) is 8.72. The molecule has 0 aliphatic carbocycles. The van der Waals surface area contributed by atoms with Crippen molar-refractivity contribution in [1.82, 2.24) is 0 Å². The molecule has 1 heterocycles. The van der Waals surface area contributed by atoms with E-state index in [1.54, 1.807) is 6.08 Å². The highest BCUT2D eigenvalue weighted by Gasteiger charge is 2.07. The minimum absolute atomic E-state index is 0.457. The average Bonchev–Trinajstić information content (AvgIpc) is 1.77. The molecule has 0 fully saturated rings. The first-order valence-electron chi connectivity index (χ1n) is 2.77. The van der Waals surface area contributed by atoms with Gasteiger partial charge in [-0.3, -0.25) is 0 Å². The summed E-state index contributed by atoms with van der Waals surface area (Å²) in [7, 11) is 0. The van der Waals surface area contributed by atoms with Gasteiger partial charge in [-0.1, -0.05) is 13.0 Å². The quantitative estimate of drug-likeness (QED) is 0.465. The van der Waals surface area contributed by atoms with E-state index in [2.05, 4.69) is 0 Å². The molecule has 0 bridgehead atoms. The zero-order valence-electron chi connectivity index (χ0n) is 4.87. The van der Waals surface area contributed by atoms with Crippen molar-refractivity contribution in [2.24, 2.45) is 5.92 Å². The van der Waals surface area contributed by atoms with E-state index in [0.717, 1.165) is 0 Å². The third-order valence-corrected chi connectivity index (χ3v) is 1.13. The molecule has 0 amide bonds. The second kappa shape index (κ2) is 2.29. The third-order valence-electron chi connectivity index (χ3n) is 1.13. The van der Waals surface area contributed by atoms with Gasteiger partial charge in [-0.05, 0) is 12.0 Å². The minimum atomic E-state index is -0.661. The van der Waals surface area contributed by atoms with Crippen molar-refractivity contribution in [2.45, 2.75) is 13.2 Å². The van der Waals surface area contributed by atoms with Crippen molar-refractivity contribution < 1.29 is 9.84 Å². The van der Waals surface area contributed by atoms with Gasteiger partial charge in [0, 0.05) is 0 Å². The van der Waals surface area contributed by atoms with E-state index in [-0.39, 0.29) is 0 Å². The lowest BCUT2D eigenvalue weighted by molar-refractivity contribution is -0.0786. The fraction of sp³-hybridized carbons (Fsp3) is 0.667. The number of ether oxygens (including phenoxy) is 1. The maximum Gasteiger partial charge on any atom is 0.174 e. The first-order valence-corrected chi connectivity index (χ1v) is 2.77. The predicted octanol–water partition coefficient (Wildman–Crippen LogP) is 0.527. The monoisotopic (exact) mass is 114 g/mol. The van der Waals surface area contributed by atoms with E-state index in [4.69, 9.17) is 9.84 Å². The van der Waals surface area contributed by atoms with E-state index in [1.807, 2.05) is 13.0 Å². The number of aliphatic hydroxyl groups is 1. The van der Waals surface area contributed by atoms with Gasteiger partial charge in [-0.15, -0.1) is 0 Å². The Hall–Kier alpha value is -0.340. The Morgan fingerprint density at radius 2 is 2.38 bits per heavy atom. The number of aliphatic hydroxyl groups excluding tert-OH is 1. The van der Waals surface area contributed by atoms with Crippen LogP contribution in [0.5, 0.6) is 0 Å². The largest absolute Gasteiger partial charge is 0.365 e. The van der Waals surface area contributed by atoms with Crippen molar-refractivity contribution in [3.8, 4) is 0 Å². The summed E-state index contributed by atoms with van der Waals surface area (Å²) < 4.78 is 4.86. The van der Waals surface area contributed by atoms with Crippen LogP contribution in [0.1, 0.15) is 6.92 Å². The van der Waals surface area contributed by atoms with Gasteiger partial charge < -0.3 is 9.84 Å². The van der Waals surface area contributed by atoms with Gasteiger partial charge in [-0.2, -0.15) is 0 Å². The molecule has 8 heavy (non-hydrogen) atoms. The summed E-state index contributed by atoms with van der Waals surface area (Å²) in [6.45, 7) is 2.68. The van der Waals surface area contributed by atoms with Crippen LogP contribution >= 0.6 is 0 Å². The second-order valence-corrected chi connectivity index (χ2v) is 2.09. The Bertz CT molecular complexity index is 86.7. The summed E-state index contributed by atoms with van der Waals surface area (Å²) in [4.78, 5) is 0. The van der Waals surface area contributed by atoms with Crippen LogP contribution in [0.25, 0.3) is 0 Å². The van der Waals surface area contributed by atoms with Gasteiger partial charge in [0.2, 0.25) is 0 Å². The molecule has 46 valence electrons. The minimum Gasteiger partial charge on any atom is -0.365 e. The Labute approximate surface area is 48.8 Å². The smallest absolute Gasteiger partial charge is 0.174 e. The number of rotatable bonds is 0. The summed E-state index contributed by atoms with van der Waals surface area (Å²) in [5.74, 6) is 0.457. The second-order valence-electron chi connectivity index (χ2n) is 2.09. The van der Waals surface area contributed by atoms with Crippen LogP contribution in [0.3, 0.4) is 0 Å². The first-order chi connectivity index (χ1) is 3.79. The van der Waals surface area contributed by atoms with Crippen LogP contribution in [0, 0.1) is 5.92 Å². The highest BCUT2D eigenvalue weighted by molar-refractivity contribution is 4.91. The molecule has 2 unspecified atom stereocenters. The van der Waals surface area contributed by atoms with Crippen LogP contribution < -0.4 is 0 Å². The standard InChI is InChI=1S/C6H10O2/c1-5-2-3-6(7)8-4-5/h2-3,5-7H,4H2,1H3. The number of hydrogen-bond donors (Lipinski definition) is 1. The fourth-order valence-corrected chi connectivity index (χ4v) is 0.646. The van der Waals surface area contributed by atoms with E-state index >= 15 is 0 Å². The summed E-state index contributed by atoms with van der Waals surface area (Å²) in [6, 6.07) is 0. The molecule has 0 aromatic heterocycles. The van der Waals surface area contributed by atoms with Gasteiger partial charge in [0.15, 0.2) is 6.29 Å². The Balaban J connectivity index is 2.42. The van der Waals surface area contributed by atoms with Gasteiger partial charge in [0.1, 0.15) is 0 Å². The lowest BCUT2D eigenvalue weighted by Gasteiger charge is -2.15. The van der Waals surface area contributed by atoms with Crippen LogP contribution in [0.2, 0.25) is 0 Å². The molecule has 1 N–H and O–H groups in total. The topological polar surface area (TPSA) is 29.5 Å². The summed E-state index contributed by atoms with van der Waals surface area (Å²) in [6.07, 6.45) is 2.95. The van der Waals surface area contributed by atoms with E-state index in [0.29, 0.717) is 12.5 Å². The summed E-state index contributed by atoms with van der Waals surface area (Å²) in [5.41, 5.74) is 0.